The minimum Gasteiger partial charge on any atom is -0.412 e. The summed E-state index contributed by atoms with van der Waals surface area (Å²) in [6, 6.07) is 0. The number of hydrogen-bond donors (Lipinski definition) is 0. The van der Waals surface area contributed by atoms with E-state index in [1.807, 2.05) is 0 Å². The van der Waals surface area contributed by atoms with E-state index in [0.717, 1.165) is 0 Å². The van der Waals surface area contributed by atoms with Crippen molar-refractivity contribution in [2.24, 2.45) is 0 Å². The van der Waals surface area contributed by atoms with Crippen molar-refractivity contribution in [3.05, 3.63) is 0 Å². The van der Waals surface area contributed by atoms with Crippen LogP contribution < -0.4 is 37.7 Å². The maximum atomic E-state index is 0. The second kappa shape index (κ2) is 123. The van der Waals surface area contributed by atoms with Gasteiger partial charge in [0.05, 0.1) is 0 Å². The molecule has 0 radical (unpaired) electrons. The van der Waals surface area contributed by atoms with Crippen molar-refractivity contribution in [3.63, 3.8) is 0 Å². The molecule has 0 bridgehead atoms. The van der Waals surface area contributed by atoms with Gasteiger partial charge in [0.1, 0.15) is 0 Å². The van der Waals surface area contributed by atoms with Gasteiger partial charge in [-0.25, -0.2) is 0 Å². The monoisotopic (exact) mass is 150 g/mol. The van der Waals surface area contributed by atoms with Crippen molar-refractivity contribution in [1.82, 2.24) is 0 Å². The van der Waals surface area contributed by atoms with Crippen LogP contribution in [0.2, 0.25) is 0 Å². The molecule has 0 aromatic carbocycles. The van der Waals surface area contributed by atoms with Crippen LogP contribution in [0.4, 0.5) is 0 Å². The predicted molar refractivity (Wildman–Crippen MR) is 14.5 cm³/mol. The third-order valence-corrected chi connectivity index (χ3v) is 0. The second-order valence-electron chi connectivity index (χ2n) is 0. The van der Waals surface area contributed by atoms with E-state index in [0.29, 0.717) is 0 Å². The first-order valence-corrected chi connectivity index (χ1v) is 0. The van der Waals surface area contributed by atoms with E-state index in [4.69, 9.17) is 0 Å². The molecule has 0 spiro atoms. The van der Waals surface area contributed by atoms with E-state index in [2.05, 4.69) is 0 Å². The minimum absolute atomic E-state index is 0. The molecule has 0 heterocycles. The summed E-state index contributed by atoms with van der Waals surface area (Å²) in [5, 5.41) is 0. The number of rotatable bonds is 0. The Morgan fingerprint density at radius 1 is 0.429 bits per heavy atom. The zero-order chi connectivity index (χ0) is 0. The normalized spacial score (nSPS) is 0. The number of hydrogen-bond acceptors (Lipinski definition) is 0. The van der Waals surface area contributed by atoms with Crippen molar-refractivity contribution in [2.45, 2.75) is 0 Å². The summed E-state index contributed by atoms with van der Waals surface area (Å²) in [7, 11) is 0. The Balaban J connectivity index is 0. The summed E-state index contributed by atoms with van der Waals surface area (Å²) in [5.74, 6) is 0. The van der Waals surface area contributed by atoms with Crippen LogP contribution in [0, 0.1) is 0 Å². The molecule has 0 saturated carbocycles. The van der Waals surface area contributed by atoms with Crippen molar-refractivity contribution < 1.29 is 79.1 Å². The first-order valence-electron chi connectivity index (χ1n) is 0. The fourth-order valence-corrected chi connectivity index (χ4v) is 0. The molecule has 0 aromatic rings. The molecule has 0 aliphatic rings. The van der Waals surface area contributed by atoms with E-state index in [-0.39, 0.29) is 79.1 Å². The van der Waals surface area contributed by atoms with E-state index in [9.17, 15) is 0 Å². The Morgan fingerprint density at radius 3 is 0.429 bits per heavy atom. The third kappa shape index (κ3) is 89.2. The summed E-state index contributed by atoms with van der Waals surface area (Å²) in [6.07, 6.45) is 0. The predicted octanol–water partition coefficient (Wildman–Crippen LogP) is -9.29. The average Bonchev–Trinajstić information content (AvgIpc) is 0. The van der Waals surface area contributed by atoms with E-state index in [1.54, 1.807) is 0 Å². The topological polar surface area (TPSA) is 126 Å². The van der Waals surface area contributed by atoms with Gasteiger partial charge in [-0.15, -0.1) is 0 Å². The molecule has 0 fully saturated rings. The van der Waals surface area contributed by atoms with Gasteiger partial charge in [0.25, 0.3) is 0 Å². The molecule has 0 atom stereocenters. The SMILES string of the molecule is O.O.O.O.[Li+].[Li+].[Zn]. The Kier molecular flexibility index (Phi) is 3260. The minimum atomic E-state index is 0. The average molecular weight is 151 g/mol. The fraction of sp³-hybridized carbons (Fsp3) is 0. The fourth-order valence-electron chi connectivity index (χ4n) is 0. The van der Waals surface area contributed by atoms with Gasteiger partial charge in [0, 0.05) is 19.5 Å². The Hall–Kier alpha value is 1.66. The largest absolute Gasteiger partial charge is 1.00 e. The Bertz CT molecular complexity index is 9.65. The van der Waals surface area contributed by atoms with Crippen LogP contribution in [0.3, 0.4) is 0 Å². The zero-order valence-electron chi connectivity index (χ0n) is 4.71. The molecule has 0 aliphatic carbocycles. The Morgan fingerprint density at radius 2 is 0.429 bits per heavy atom. The maximum Gasteiger partial charge on any atom is 1.00 e. The molecule has 4 nitrogen and oxygen atoms in total. The summed E-state index contributed by atoms with van der Waals surface area (Å²) < 4.78 is 0. The van der Waals surface area contributed by atoms with Crippen LogP contribution >= 0.6 is 0 Å². The van der Waals surface area contributed by atoms with Crippen LogP contribution in [0.1, 0.15) is 0 Å². The quantitative estimate of drug-likeness (QED) is 0.305. The van der Waals surface area contributed by atoms with Crippen molar-refractivity contribution in [3.8, 4) is 0 Å². The van der Waals surface area contributed by atoms with E-state index in [1.165, 1.54) is 0 Å². The van der Waals surface area contributed by atoms with Gasteiger partial charge in [-0.1, -0.05) is 0 Å². The first-order chi connectivity index (χ1) is 0. The van der Waals surface area contributed by atoms with Crippen molar-refractivity contribution in [1.29, 1.82) is 0 Å². The molecule has 0 amide bonds. The van der Waals surface area contributed by atoms with Gasteiger partial charge >= 0.3 is 37.7 Å². The molecule has 7 heavy (non-hydrogen) atoms. The van der Waals surface area contributed by atoms with Gasteiger partial charge in [-0.05, 0) is 0 Å². The second-order valence-corrected chi connectivity index (χ2v) is 0. The van der Waals surface area contributed by atoms with Crippen molar-refractivity contribution >= 4 is 0 Å². The van der Waals surface area contributed by atoms with Gasteiger partial charge in [0.2, 0.25) is 0 Å². The summed E-state index contributed by atoms with van der Waals surface area (Å²) in [5.41, 5.74) is 0. The van der Waals surface area contributed by atoms with Gasteiger partial charge in [-0.2, -0.15) is 0 Å². The maximum absolute atomic E-state index is 0. The van der Waals surface area contributed by atoms with Gasteiger partial charge in [0.15, 0.2) is 0 Å². The molecule has 0 aliphatic heterocycles. The van der Waals surface area contributed by atoms with Crippen molar-refractivity contribution in [2.75, 3.05) is 0 Å². The van der Waals surface area contributed by atoms with E-state index < -0.39 is 0 Å². The van der Waals surface area contributed by atoms with Crippen LogP contribution in [-0.4, -0.2) is 21.9 Å². The van der Waals surface area contributed by atoms with Crippen LogP contribution in [0.5, 0.6) is 0 Å². The zero-order valence-corrected chi connectivity index (χ0v) is 7.67. The van der Waals surface area contributed by atoms with E-state index >= 15 is 0 Å². The molecule has 0 saturated heterocycles. The summed E-state index contributed by atoms with van der Waals surface area (Å²) in [4.78, 5) is 0. The third-order valence-electron chi connectivity index (χ3n) is 0. The molecule has 7 heteroatoms. The standard InChI is InChI=1S/2Li.4H2O.Zn/h;;4*1H2;/q2*+1;;;;;. The van der Waals surface area contributed by atoms with Gasteiger partial charge in [-0.3, -0.25) is 0 Å². The summed E-state index contributed by atoms with van der Waals surface area (Å²) >= 11 is 0. The summed E-state index contributed by atoms with van der Waals surface area (Å²) in [6.45, 7) is 0. The molecular formula is H8Li2O4Zn+2. The molecule has 0 aromatic heterocycles. The van der Waals surface area contributed by atoms with Crippen LogP contribution in [0.25, 0.3) is 0 Å². The molecule has 8 N–H and O–H groups in total. The molecule has 0 unspecified atom stereocenters. The molecule has 34 valence electrons. The first kappa shape index (κ1) is 185. The van der Waals surface area contributed by atoms with Crippen LogP contribution in [-0.2, 0) is 19.5 Å². The molecule has 0 rings (SSSR count). The molecular weight excluding hydrogens is 143 g/mol. The van der Waals surface area contributed by atoms with Crippen LogP contribution in [0.15, 0.2) is 0 Å². The van der Waals surface area contributed by atoms with Gasteiger partial charge < -0.3 is 21.9 Å². The Labute approximate surface area is 78.8 Å². The smallest absolute Gasteiger partial charge is 0.412 e.